The lowest BCUT2D eigenvalue weighted by molar-refractivity contribution is -0.118. The zero-order valence-electron chi connectivity index (χ0n) is 14.1. The molecule has 1 saturated heterocycles. The summed E-state index contributed by atoms with van der Waals surface area (Å²) in [6.45, 7) is 5.60. The van der Waals surface area contributed by atoms with E-state index in [0.717, 1.165) is 38.2 Å². The van der Waals surface area contributed by atoms with Gasteiger partial charge in [-0.15, -0.1) is 11.3 Å². The number of aryl methyl sites for hydroxylation is 1. The highest BCUT2D eigenvalue weighted by Gasteiger charge is 2.43. The van der Waals surface area contributed by atoms with Crippen LogP contribution in [0, 0.1) is 6.92 Å². The van der Waals surface area contributed by atoms with Gasteiger partial charge in [-0.05, 0) is 44.0 Å². The Balaban J connectivity index is 1.37. The molecule has 128 valence electrons. The standard InChI is InChI=1S/C19H24N2O2S/c1-14-5-6-16(24-14)12-21-10-11-22-19-17(21)7-8-18(19)23-13-15-4-2-3-9-20-15/h2-6,9,17-19H,7-8,10-13H2,1H3/t17-,18+,19+/m0/s1. The molecule has 0 spiro atoms. The molecule has 1 aliphatic carbocycles. The average molecular weight is 344 g/mol. The van der Waals surface area contributed by atoms with Crippen molar-refractivity contribution in [3.63, 3.8) is 0 Å². The van der Waals surface area contributed by atoms with Gasteiger partial charge in [-0.3, -0.25) is 9.88 Å². The fraction of sp³-hybridized carbons (Fsp3) is 0.526. The predicted molar refractivity (Wildman–Crippen MR) is 95.0 cm³/mol. The highest BCUT2D eigenvalue weighted by molar-refractivity contribution is 7.11. The molecule has 3 atom stereocenters. The van der Waals surface area contributed by atoms with Crippen LogP contribution in [0.5, 0.6) is 0 Å². The summed E-state index contributed by atoms with van der Waals surface area (Å²) in [7, 11) is 0. The van der Waals surface area contributed by atoms with Crippen LogP contribution in [0.15, 0.2) is 36.5 Å². The Bertz CT molecular complexity index is 660. The van der Waals surface area contributed by atoms with Crippen molar-refractivity contribution in [3.05, 3.63) is 52.0 Å². The SMILES string of the molecule is Cc1ccc(CN2CCO[C@H]3[C@H](OCc4ccccn4)CC[C@@H]32)s1. The predicted octanol–water partition coefficient (Wildman–Crippen LogP) is 3.40. The number of morpholine rings is 1. The smallest absolute Gasteiger partial charge is 0.0992 e. The molecule has 0 N–H and O–H groups in total. The van der Waals surface area contributed by atoms with E-state index >= 15 is 0 Å². The minimum atomic E-state index is 0.185. The molecular weight excluding hydrogens is 320 g/mol. The number of nitrogens with zero attached hydrogens (tertiary/aromatic N) is 2. The Kier molecular flexibility index (Phi) is 4.94. The lowest BCUT2D eigenvalue weighted by atomic mass is 10.1. The first-order chi connectivity index (χ1) is 11.8. The Labute approximate surface area is 147 Å². The second kappa shape index (κ2) is 7.31. The van der Waals surface area contributed by atoms with Crippen LogP contribution in [0.4, 0.5) is 0 Å². The monoisotopic (exact) mass is 344 g/mol. The van der Waals surface area contributed by atoms with Crippen LogP contribution in [0.1, 0.15) is 28.3 Å². The molecule has 4 rings (SSSR count). The van der Waals surface area contributed by atoms with Gasteiger partial charge in [0, 0.05) is 35.1 Å². The number of fused-ring (bicyclic) bond motifs is 1. The molecule has 0 bridgehead atoms. The molecule has 2 aromatic heterocycles. The van der Waals surface area contributed by atoms with Gasteiger partial charge >= 0.3 is 0 Å². The molecule has 0 unspecified atom stereocenters. The largest absolute Gasteiger partial charge is 0.373 e. The van der Waals surface area contributed by atoms with Crippen LogP contribution in [-0.2, 0) is 22.6 Å². The second-order valence-electron chi connectivity index (χ2n) is 6.63. The van der Waals surface area contributed by atoms with E-state index in [2.05, 4.69) is 28.9 Å². The first kappa shape index (κ1) is 16.2. The molecule has 1 aliphatic heterocycles. The summed E-state index contributed by atoms with van der Waals surface area (Å²) in [5.74, 6) is 0. The molecule has 0 aromatic carbocycles. The summed E-state index contributed by atoms with van der Waals surface area (Å²) in [6.07, 6.45) is 4.43. The van der Waals surface area contributed by atoms with Gasteiger partial charge in [0.1, 0.15) is 0 Å². The van der Waals surface area contributed by atoms with Crippen molar-refractivity contribution in [2.75, 3.05) is 13.2 Å². The van der Waals surface area contributed by atoms with E-state index in [1.165, 1.54) is 9.75 Å². The molecule has 2 aliphatic rings. The normalized spacial score (nSPS) is 27.3. The Morgan fingerprint density at radius 3 is 3.04 bits per heavy atom. The molecule has 3 heterocycles. The summed E-state index contributed by atoms with van der Waals surface area (Å²) in [4.78, 5) is 9.77. The molecule has 4 nitrogen and oxygen atoms in total. The van der Waals surface area contributed by atoms with E-state index in [0.29, 0.717) is 12.6 Å². The van der Waals surface area contributed by atoms with E-state index in [4.69, 9.17) is 9.47 Å². The quantitative estimate of drug-likeness (QED) is 0.833. The van der Waals surface area contributed by atoms with Crippen LogP contribution in [0.3, 0.4) is 0 Å². The fourth-order valence-electron chi connectivity index (χ4n) is 3.81. The number of ether oxygens (including phenoxy) is 2. The van der Waals surface area contributed by atoms with Gasteiger partial charge in [0.05, 0.1) is 31.1 Å². The summed E-state index contributed by atoms with van der Waals surface area (Å²) in [5.41, 5.74) is 0.989. The Morgan fingerprint density at radius 2 is 2.25 bits per heavy atom. The van der Waals surface area contributed by atoms with Crippen molar-refractivity contribution in [3.8, 4) is 0 Å². The van der Waals surface area contributed by atoms with Crippen molar-refractivity contribution in [2.45, 2.75) is 51.2 Å². The highest BCUT2D eigenvalue weighted by Crippen LogP contribution is 2.34. The third-order valence-electron chi connectivity index (χ3n) is 4.98. The first-order valence-electron chi connectivity index (χ1n) is 8.72. The lowest BCUT2D eigenvalue weighted by Gasteiger charge is -2.38. The molecule has 5 heteroatoms. The van der Waals surface area contributed by atoms with E-state index < -0.39 is 0 Å². The van der Waals surface area contributed by atoms with E-state index in [1.54, 1.807) is 0 Å². The molecule has 2 aromatic rings. The number of hydrogen-bond acceptors (Lipinski definition) is 5. The molecular formula is C19H24N2O2S. The number of rotatable bonds is 5. The Hall–Kier alpha value is -1.27. The molecule has 0 radical (unpaired) electrons. The van der Waals surface area contributed by atoms with Gasteiger partial charge in [-0.2, -0.15) is 0 Å². The molecule has 0 amide bonds. The van der Waals surface area contributed by atoms with Crippen LogP contribution in [-0.4, -0.2) is 41.3 Å². The number of aromatic nitrogens is 1. The number of pyridine rings is 1. The molecule has 2 fully saturated rings. The lowest BCUT2D eigenvalue weighted by Crippen LogP contribution is -2.51. The molecule has 24 heavy (non-hydrogen) atoms. The van der Waals surface area contributed by atoms with Crippen molar-refractivity contribution in [1.29, 1.82) is 0 Å². The number of hydrogen-bond donors (Lipinski definition) is 0. The Morgan fingerprint density at radius 1 is 1.29 bits per heavy atom. The van der Waals surface area contributed by atoms with Gasteiger partial charge in [-0.1, -0.05) is 6.07 Å². The van der Waals surface area contributed by atoms with Gasteiger partial charge in [-0.25, -0.2) is 0 Å². The van der Waals surface area contributed by atoms with Crippen molar-refractivity contribution in [2.24, 2.45) is 0 Å². The summed E-state index contributed by atoms with van der Waals surface area (Å²) in [5, 5.41) is 0. The second-order valence-corrected chi connectivity index (χ2v) is 8.01. The fourth-order valence-corrected chi connectivity index (χ4v) is 4.73. The van der Waals surface area contributed by atoms with Crippen molar-refractivity contribution >= 4 is 11.3 Å². The van der Waals surface area contributed by atoms with Crippen LogP contribution in [0.25, 0.3) is 0 Å². The molecule has 1 saturated carbocycles. The van der Waals surface area contributed by atoms with Crippen LogP contribution in [0.2, 0.25) is 0 Å². The third-order valence-corrected chi connectivity index (χ3v) is 5.96. The van der Waals surface area contributed by atoms with Crippen LogP contribution >= 0.6 is 11.3 Å². The maximum atomic E-state index is 6.15. The van der Waals surface area contributed by atoms with Gasteiger partial charge in [0.25, 0.3) is 0 Å². The first-order valence-corrected chi connectivity index (χ1v) is 9.54. The summed E-state index contributed by atoms with van der Waals surface area (Å²) in [6, 6.07) is 10.9. The average Bonchev–Trinajstić information content (AvgIpc) is 3.21. The third kappa shape index (κ3) is 3.54. The van der Waals surface area contributed by atoms with Gasteiger partial charge < -0.3 is 9.47 Å². The van der Waals surface area contributed by atoms with Crippen molar-refractivity contribution < 1.29 is 9.47 Å². The highest BCUT2D eigenvalue weighted by atomic mass is 32.1. The van der Waals surface area contributed by atoms with Gasteiger partial charge in [0.15, 0.2) is 0 Å². The van der Waals surface area contributed by atoms with Crippen molar-refractivity contribution in [1.82, 2.24) is 9.88 Å². The minimum Gasteiger partial charge on any atom is -0.373 e. The summed E-state index contributed by atoms with van der Waals surface area (Å²) >= 11 is 1.90. The number of thiophene rings is 1. The zero-order valence-corrected chi connectivity index (χ0v) is 14.9. The summed E-state index contributed by atoms with van der Waals surface area (Å²) < 4.78 is 12.2. The van der Waals surface area contributed by atoms with Gasteiger partial charge in [0.2, 0.25) is 0 Å². The van der Waals surface area contributed by atoms with Crippen LogP contribution < -0.4 is 0 Å². The minimum absolute atomic E-state index is 0.185. The maximum Gasteiger partial charge on any atom is 0.0992 e. The van der Waals surface area contributed by atoms with E-state index in [9.17, 15) is 0 Å². The van der Waals surface area contributed by atoms with E-state index in [1.807, 2.05) is 35.7 Å². The zero-order chi connectivity index (χ0) is 16.4. The maximum absolute atomic E-state index is 6.15. The van der Waals surface area contributed by atoms with E-state index in [-0.39, 0.29) is 12.2 Å². The topological polar surface area (TPSA) is 34.6 Å².